The molecule has 14 heavy (non-hydrogen) atoms. The van der Waals surface area contributed by atoms with Crippen molar-refractivity contribution in [3.63, 3.8) is 0 Å². The molecule has 0 aromatic heterocycles. The summed E-state index contributed by atoms with van der Waals surface area (Å²) in [5.41, 5.74) is 0. The van der Waals surface area contributed by atoms with E-state index in [1.54, 1.807) is 0 Å². The first-order valence-corrected chi connectivity index (χ1v) is 5.14. The minimum absolute atomic E-state index is 0.0210. The topological polar surface area (TPSA) is 79.2 Å². The molecular weight excluding hydrogens is 208 g/mol. The highest BCUT2D eigenvalue weighted by molar-refractivity contribution is 7.80. The van der Waals surface area contributed by atoms with E-state index < -0.39 is 24.4 Å². The lowest BCUT2D eigenvalue weighted by Gasteiger charge is -2.34. The average Bonchev–Trinajstić information content (AvgIpc) is 2.18. The molecule has 1 unspecified atom stereocenters. The smallest absolute Gasteiger partial charge is 0.111 e. The molecule has 1 saturated heterocycles. The second kappa shape index (κ2) is 5.89. The van der Waals surface area contributed by atoms with Gasteiger partial charge in [0, 0.05) is 5.75 Å². The minimum Gasteiger partial charge on any atom is -0.388 e. The van der Waals surface area contributed by atoms with Gasteiger partial charge in [0.1, 0.15) is 24.4 Å². The van der Waals surface area contributed by atoms with Crippen molar-refractivity contribution in [1.82, 2.24) is 0 Å². The number of ether oxygens (including phenoxy) is 2. The van der Waals surface area contributed by atoms with Crippen molar-refractivity contribution in [1.29, 1.82) is 0 Å². The number of aliphatic hydroxyl groups excluding tert-OH is 3. The van der Waals surface area contributed by atoms with Crippen LogP contribution in [0.15, 0.2) is 0 Å². The zero-order chi connectivity index (χ0) is 10.6. The van der Waals surface area contributed by atoms with Gasteiger partial charge in [-0.2, -0.15) is 12.6 Å². The number of rotatable bonds is 4. The second-order valence-electron chi connectivity index (χ2n) is 3.22. The third-order valence-corrected chi connectivity index (χ3v) is 2.31. The van der Waals surface area contributed by atoms with Crippen molar-refractivity contribution in [3.05, 3.63) is 0 Å². The summed E-state index contributed by atoms with van der Waals surface area (Å²) in [6, 6.07) is 0. The quantitative estimate of drug-likeness (QED) is 0.342. The summed E-state index contributed by atoms with van der Waals surface area (Å²) in [5.74, 6) is 0.591. The summed E-state index contributed by atoms with van der Waals surface area (Å²) < 4.78 is 10.2. The third kappa shape index (κ3) is 3.08. The van der Waals surface area contributed by atoms with E-state index in [-0.39, 0.29) is 13.2 Å². The Kier molecular flexibility index (Phi) is 5.14. The van der Waals surface area contributed by atoms with E-state index in [4.69, 9.17) is 14.6 Å². The maximum absolute atomic E-state index is 9.47. The van der Waals surface area contributed by atoms with Gasteiger partial charge in [0.2, 0.25) is 0 Å². The van der Waals surface area contributed by atoms with Crippen LogP contribution in [-0.4, -0.2) is 65.3 Å². The average molecular weight is 224 g/mol. The third-order valence-electron chi connectivity index (χ3n) is 2.12. The van der Waals surface area contributed by atoms with Crippen LogP contribution in [0, 0.1) is 0 Å². The molecule has 6 heteroatoms. The standard InChI is InChI=1S/C8H16O5S/c9-5-3-13-6(4-12-1-2-14)8(11)7(5)10/h5-11,14H,1-4H2/t5-,6+,7?,8-/m1/s1. The summed E-state index contributed by atoms with van der Waals surface area (Å²) in [6.45, 7) is 0.687. The maximum atomic E-state index is 9.47. The highest BCUT2D eigenvalue weighted by Gasteiger charge is 2.37. The van der Waals surface area contributed by atoms with E-state index in [9.17, 15) is 10.2 Å². The normalized spacial score (nSPS) is 38.6. The van der Waals surface area contributed by atoms with Gasteiger partial charge in [-0.1, -0.05) is 0 Å². The molecule has 0 spiro atoms. The van der Waals surface area contributed by atoms with Crippen LogP contribution in [0.3, 0.4) is 0 Å². The first kappa shape index (κ1) is 12.2. The first-order chi connectivity index (χ1) is 6.66. The molecule has 0 saturated carbocycles. The first-order valence-electron chi connectivity index (χ1n) is 4.51. The molecule has 0 aromatic carbocycles. The van der Waals surface area contributed by atoms with Crippen LogP contribution in [-0.2, 0) is 9.47 Å². The molecular formula is C8H16O5S. The molecule has 0 aliphatic carbocycles. The molecule has 1 fully saturated rings. The van der Waals surface area contributed by atoms with E-state index in [0.717, 1.165) is 0 Å². The van der Waals surface area contributed by atoms with Crippen LogP contribution < -0.4 is 0 Å². The Morgan fingerprint density at radius 3 is 2.64 bits per heavy atom. The van der Waals surface area contributed by atoms with Crippen molar-refractivity contribution < 1.29 is 24.8 Å². The molecule has 1 aliphatic rings. The molecule has 0 amide bonds. The Morgan fingerprint density at radius 1 is 1.29 bits per heavy atom. The van der Waals surface area contributed by atoms with Gasteiger partial charge in [-0.25, -0.2) is 0 Å². The molecule has 5 nitrogen and oxygen atoms in total. The Morgan fingerprint density at radius 2 is 2.00 bits per heavy atom. The van der Waals surface area contributed by atoms with Crippen molar-refractivity contribution in [2.45, 2.75) is 24.4 Å². The van der Waals surface area contributed by atoms with Crippen LogP contribution in [0.5, 0.6) is 0 Å². The van der Waals surface area contributed by atoms with E-state index in [1.165, 1.54) is 0 Å². The molecule has 3 N–H and O–H groups in total. The molecule has 1 aliphatic heterocycles. The number of aliphatic hydroxyl groups is 3. The fraction of sp³-hybridized carbons (Fsp3) is 1.00. The Balaban J connectivity index is 2.31. The van der Waals surface area contributed by atoms with Crippen LogP contribution in [0.1, 0.15) is 0 Å². The van der Waals surface area contributed by atoms with Gasteiger partial charge in [-0.15, -0.1) is 0 Å². The summed E-state index contributed by atoms with van der Waals surface area (Å²) in [7, 11) is 0. The second-order valence-corrected chi connectivity index (χ2v) is 3.67. The van der Waals surface area contributed by atoms with Gasteiger partial charge in [-0.3, -0.25) is 0 Å². The number of hydrogen-bond donors (Lipinski definition) is 4. The molecule has 0 radical (unpaired) electrons. The highest BCUT2D eigenvalue weighted by Crippen LogP contribution is 2.15. The van der Waals surface area contributed by atoms with E-state index in [0.29, 0.717) is 12.4 Å². The van der Waals surface area contributed by atoms with Gasteiger partial charge in [-0.05, 0) is 0 Å². The zero-order valence-corrected chi connectivity index (χ0v) is 8.64. The van der Waals surface area contributed by atoms with Gasteiger partial charge in [0.25, 0.3) is 0 Å². The van der Waals surface area contributed by atoms with Gasteiger partial charge >= 0.3 is 0 Å². The molecule has 0 aromatic rings. The minimum atomic E-state index is -1.16. The van der Waals surface area contributed by atoms with Crippen LogP contribution in [0.25, 0.3) is 0 Å². The lowest BCUT2D eigenvalue weighted by molar-refractivity contribution is -0.198. The lowest BCUT2D eigenvalue weighted by atomic mass is 10.0. The monoisotopic (exact) mass is 224 g/mol. The number of thiol groups is 1. The molecule has 0 bridgehead atoms. The van der Waals surface area contributed by atoms with Crippen molar-refractivity contribution in [2.24, 2.45) is 0 Å². The molecule has 1 rings (SSSR count). The summed E-state index contributed by atoms with van der Waals surface area (Å²) in [5, 5.41) is 27.9. The van der Waals surface area contributed by atoms with Crippen LogP contribution in [0.2, 0.25) is 0 Å². The molecule has 84 valence electrons. The van der Waals surface area contributed by atoms with E-state index in [1.807, 2.05) is 0 Å². The Bertz CT molecular complexity index is 168. The Hall–Kier alpha value is 0.150. The summed E-state index contributed by atoms with van der Waals surface area (Å²) in [4.78, 5) is 0. The van der Waals surface area contributed by atoms with Crippen molar-refractivity contribution in [2.75, 3.05) is 25.6 Å². The number of hydrogen-bond acceptors (Lipinski definition) is 6. The molecule has 4 atom stereocenters. The van der Waals surface area contributed by atoms with E-state index in [2.05, 4.69) is 12.6 Å². The van der Waals surface area contributed by atoms with Crippen LogP contribution in [0.4, 0.5) is 0 Å². The van der Waals surface area contributed by atoms with Crippen molar-refractivity contribution in [3.8, 4) is 0 Å². The highest BCUT2D eigenvalue weighted by atomic mass is 32.1. The SMILES string of the molecule is OC1[C@H](O)CO[C@@H](COCCS)[C@H]1O. The molecule has 1 heterocycles. The fourth-order valence-corrected chi connectivity index (χ4v) is 1.41. The maximum Gasteiger partial charge on any atom is 0.111 e. The summed E-state index contributed by atoms with van der Waals surface area (Å²) in [6.07, 6.45) is -3.86. The lowest BCUT2D eigenvalue weighted by Crippen LogP contribution is -2.54. The van der Waals surface area contributed by atoms with Gasteiger partial charge in [0.15, 0.2) is 0 Å². The van der Waals surface area contributed by atoms with E-state index >= 15 is 0 Å². The zero-order valence-electron chi connectivity index (χ0n) is 7.74. The fourth-order valence-electron chi connectivity index (χ4n) is 1.28. The van der Waals surface area contributed by atoms with Gasteiger partial charge < -0.3 is 24.8 Å². The Labute approximate surface area is 88.1 Å². The predicted molar refractivity (Wildman–Crippen MR) is 52.4 cm³/mol. The summed E-state index contributed by atoms with van der Waals surface area (Å²) >= 11 is 3.96. The largest absolute Gasteiger partial charge is 0.388 e. The predicted octanol–water partition coefficient (Wildman–Crippen LogP) is -1.59. The van der Waals surface area contributed by atoms with Crippen molar-refractivity contribution >= 4 is 12.6 Å². The van der Waals surface area contributed by atoms with Crippen LogP contribution >= 0.6 is 12.6 Å². The van der Waals surface area contributed by atoms with Gasteiger partial charge in [0.05, 0.1) is 19.8 Å².